The first-order valence-corrected chi connectivity index (χ1v) is 5.63. The summed E-state index contributed by atoms with van der Waals surface area (Å²) in [5, 5.41) is 1.91. The lowest BCUT2D eigenvalue weighted by molar-refractivity contribution is 0.609. The van der Waals surface area contributed by atoms with E-state index in [4.69, 9.17) is 0 Å². The van der Waals surface area contributed by atoms with Crippen molar-refractivity contribution in [3.8, 4) is 0 Å². The monoisotopic (exact) mass is 208 g/mol. The van der Waals surface area contributed by atoms with E-state index in [1.807, 2.05) is 11.4 Å². The summed E-state index contributed by atoms with van der Waals surface area (Å²) in [6, 6.07) is 1.88. The Hall–Kier alpha value is -1.16. The number of hydrogen-bond donors (Lipinski definition) is 0. The number of thiophene rings is 1. The average Bonchev–Trinajstić information content (AvgIpc) is 2.66. The van der Waals surface area contributed by atoms with Crippen LogP contribution in [-0.4, -0.2) is 9.55 Å². The van der Waals surface area contributed by atoms with Gasteiger partial charge in [-0.05, 0) is 17.9 Å². The molecule has 0 radical (unpaired) electrons. The predicted octanol–water partition coefficient (Wildman–Crippen LogP) is 2.26. The van der Waals surface area contributed by atoms with Gasteiger partial charge in [0.05, 0.1) is 11.8 Å². The van der Waals surface area contributed by atoms with Gasteiger partial charge in [-0.2, -0.15) is 0 Å². The van der Waals surface area contributed by atoms with Crippen molar-refractivity contribution in [2.24, 2.45) is 0 Å². The Morgan fingerprint density at radius 1 is 1.57 bits per heavy atom. The van der Waals surface area contributed by atoms with Crippen LogP contribution in [0, 0.1) is 0 Å². The van der Waals surface area contributed by atoms with Gasteiger partial charge in [0.25, 0.3) is 5.56 Å². The summed E-state index contributed by atoms with van der Waals surface area (Å²) in [5.74, 6) is 0. The van der Waals surface area contributed by atoms with Crippen LogP contribution >= 0.6 is 11.3 Å². The van der Waals surface area contributed by atoms with E-state index in [0.717, 1.165) is 29.6 Å². The lowest BCUT2D eigenvalue weighted by Gasteiger charge is -2.02. The molecule has 3 nitrogen and oxygen atoms in total. The van der Waals surface area contributed by atoms with Crippen LogP contribution in [-0.2, 0) is 6.54 Å². The molecular formula is C10H12N2OS. The third kappa shape index (κ3) is 1.57. The zero-order valence-electron chi connectivity index (χ0n) is 8.06. The van der Waals surface area contributed by atoms with Gasteiger partial charge >= 0.3 is 0 Å². The Kier molecular flexibility index (Phi) is 2.63. The van der Waals surface area contributed by atoms with Crippen molar-refractivity contribution in [3.05, 3.63) is 28.1 Å². The zero-order valence-corrected chi connectivity index (χ0v) is 8.88. The standard InChI is InChI=1S/C10H12N2OS/c1-2-3-5-12-7-11-8-4-6-14-9(8)10(12)13/h4,6-7H,2-3,5H2,1H3. The van der Waals surface area contributed by atoms with E-state index in [-0.39, 0.29) is 5.56 Å². The zero-order chi connectivity index (χ0) is 9.97. The highest BCUT2D eigenvalue weighted by molar-refractivity contribution is 7.17. The molecule has 0 saturated carbocycles. The molecule has 0 aliphatic carbocycles. The van der Waals surface area contributed by atoms with E-state index < -0.39 is 0 Å². The highest BCUT2D eigenvalue weighted by Crippen LogP contribution is 2.13. The van der Waals surface area contributed by atoms with Crippen molar-refractivity contribution in [3.63, 3.8) is 0 Å². The molecule has 0 bridgehead atoms. The topological polar surface area (TPSA) is 34.9 Å². The fourth-order valence-corrected chi connectivity index (χ4v) is 2.16. The van der Waals surface area contributed by atoms with Crippen LogP contribution in [0.2, 0.25) is 0 Å². The highest BCUT2D eigenvalue weighted by Gasteiger charge is 2.03. The van der Waals surface area contributed by atoms with Gasteiger partial charge in [-0.25, -0.2) is 4.98 Å². The minimum absolute atomic E-state index is 0.0958. The van der Waals surface area contributed by atoms with Crippen molar-refractivity contribution in [1.82, 2.24) is 9.55 Å². The minimum atomic E-state index is 0.0958. The third-order valence-corrected chi connectivity index (χ3v) is 3.08. The van der Waals surface area contributed by atoms with E-state index in [9.17, 15) is 4.79 Å². The minimum Gasteiger partial charge on any atom is -0.298 e. The van der Waals surface area contributed by atoms with Crippen LogP contribution in [0.15, 0.2) is 22.6 Å². The molecule has 2 rings (SSSR count). The summed E-state index contributed by atoms with van der Waals surface area (Å²) in [4.78, 5) is 16.1. The Bertz CT molecular complexity index is 486. The molecule has 0 unspecified atom stereocenters. The number of unbranched alkanes of at least 4 members (excludes halogenated alkanes) is 1. The van der Waals surface area contributed by atoms with Crippen molar-refractivity contribution < 1.29 is 0 Å². The number of hydrogen-bond acceptors (Lipinski definition) is 3. The molecule has 0 aliphatic rings. The maximum absolute atomic E-state index is 11.8. The van der Waals surface area contributed by atoms with Crippen molar-refractivity contribution in [2.75, 3.05) is 0 Å². The second kappa shape index (κ2) is 3.92. The second-order valence-corrected chi connectivity index (χ2v) is 4.15. The summed E-state index contributed by atoms with van der Waals surface area (Å²) in [5.41, 5.74) is 0.909. The largest absolute Gasteiger partial charge is 0.298 e. The molecule has 0 saturated heterocycles. The van der Waals surface area contributed by atoms with Gasteiger partial charge in [0.1, 0.15) is 4.70 Å². The van der Waals surface area contributed by atoms with Crippen molar-refractivity contribution in [1.29, 1.82) is 0 Å². The van der Waals surface area contributed by atoms with Gasteiger partial charge in [-0.3, -0.25) is 9.36 Å². The average molecular weight is 208 g/mol. The van der Waals surface area contributed by atoms with E-state index in [1.165, 1.54) is 11.3 Å². The number of rotatable bonds is 3. The van der Waals surface area contributed by atoms with Gasteiger partial charge in [0.2, 0.25) is 0 Å². The number of aromatic nitrogens is 2. The summed E-state index contributed by atoms with van der Waals surface area (Å²) >= 11 is 1.47. The van der Waals surface area contributed by atoms with Gasteiger partial charge in [-0.1, -0.05) is 13.3 Å². The van der Waals surface area contributed by atoms with E-state index in [1.54, 1.807) is 10.9 Å². The molecule has 2 heterocycles. The first-order valence-electron chi connectivity index (χ1n) is 4.75. The molecule has 14 heavy (non-hydrogen) atoms. The summed E-state index contributed by atoms with van der Waals surface area (Å²) in [6.07, 6.45) is 3.76. The summed E-state index contributed by atoms with van der Waals surface area (Å²) in [7, 11) is 0. The van der Waals surface area contributed by atoms with Gasteiger partial charge in [-0.15, -0.1) is 11.3 Å². The summed E-state index contributed by atoms with van der Waals surface area (Å²) in [6.45, 7) is 2.89. The summed E-state index contributed by atoms with van der Waals surface area (Å²) < 4.78 is 2.46. The van der Waals surface area contributed by atoms with Crippen LogP contribution in [0.5, 0.6) is 0 Å². The molecule has 74 valence electrons. The maximum Gasteiger partial charge on any atom is 0.271 e. The van der Waals surface area contributed by atoms with Crippen LogP contribution < -0.4 is 5.56 Å². The van der Waals surface area contributed by atoms with Gasteiger partial charge < -0.3 is 0 Å². The smallest absolute Gasteiger partial charge is 0.271 e. The first-order chi connectivity index (χ1) is 6.83. The molecule has 0 atom stereocenters. The molecule has 0 amide bonds. The van der Waals surface area contributed by atoms with Crippen molar-refractivity contribution >= 4 is 21.6 Å². The molecule has 0 N–H and O–H groups in total. The third-order valence-electron chi connectivity index (χ3n) is 2.19. The Morgan fingerprint density at radius 2 is 2.43 bits per heavy atom. The molecule has 2 aromatic heterocycles. The maximum atomic E-state index is 11.8. The van der Waals surface area contributed by atoms with Crippen LogP contribution in [0.25, 0.3) is 10.2 Å². The fraction of sp³-hybridized carbons (Fsp3) is 0.400. The van der Waals surface area contributed by atoms with E-state index in [2.05, 4.69) is 11.9 Å². The normalized spacial score (nSPS) is 10.9. The molecule has 4 heteroatoms. The Labute approximate surface area is 86.0 Å². The van der Waals surface area contributed by atoms with Crippen LogP contribution in [0.1, 0.15) is 19.8 Å². The molecule has 0 aliphatic heterocycles. The molecular weight excluding hydrogens is 196 g/mol. The lowest BCUT2D eigenvalue weighted by atomic mass is 10.3. The van der Waals surface area contributed by atoms with E-state index in [0.29, 0.717) is 0 Å². The number of fused-ring (bicyclic) bond motifs is 1. The number of aryl methyl sites for hydroxylation is 1. The lowest BCUT2D eigenvalue weighted by Crippen LogP contribution is -2.19. The van der Waals surface area contributed by atoms with Gasteiger partial charge in [0.15, 0.2) is 0 Å². The van der Waals surface area contributed by atoms with Crippen molar-refractivity contribution in [2.45, 2.75) is 26.3 Å². The molecule has 0 aromatic carbocycles. The quantitative estimate of drug-likeness (QED) is 0.775. The predicted molar refractivity (Wildman–Crippen MR) is 58.8 cm³/mol. The van der Waals surface area contributed by atoms with E-state index >= 15 is 0 Å². The Balaban J connectivity index is 2.46. The van der Waals surface area contributed by atoms with Crippen LogP contribution in [0.3, 0.4) is 0 Å². The highest BCUT2D eigenvalue weighted by atomic mass is 32.1. The fourth-order valence-electron chi connectivity index (χ4n) is 1.37. The molecule has 2 aromatic rings. The van der Waals surface area contributed by atoms with Crippen LogP contribution in [0.4, 0.5) is 0 Å². The second-order valence-electron chi connectivity index (χ2n) is 3.23. The SMILES string of the molecule is CCCCn1cnc2ccsc2c1=O. The first kappa shape index (κ1) is 9.40. The van der Waals surface area contributed by atoms with Gasteiger partial charge in [0, 0.05) is 6.54 Å². The molecule has 0 spiro atoms. The number of nitrogens with zero attached hydrogens (tertiary/aromatic N) is 2. The molecule has 0 fully saturated rings. The Morgan fingerprint density at radius 3 is 3.21 bits per heavy atom.